The molecule has 8 heavy (non-hydrogen) atoms. The Morgan fingerprint density at radius 1 is 1.50 bits per heavy atom. The molecular formula is C4H11N4+. The number of azide groups is 1. The second-order valence-corrected chi connectivity index (χ2v) is 2.66. The van der Waals surface area contributed by atoms with Gasteiger partial charge in [0, 0.05) is 4.91 Å². The number of rotatable bonds is 2. The summed E-state index contributed by atoms with van der Waals surface area (Å²) in [6, 6.07) is 0. The standard InChI is InChI=1S/C4H11N4/c1-8(2,3)4-6-7-5/h4H2,1-3H3/q+1. The molecule has 0 heterocycles. The molecule has 4 nitrogen and oxygen atoms in total. The van der Waals surface area contributed by atoms with Gasteiger partial charge >= 0.3 is 0 Å². The second kappa shape index (κ2) is 2.55. The molecule has 0 rings (SSSR count). The molecule has 0 amide bonds. The SMILES string of the molecule is C[N+](C)(C)CN=[N+]=[N-]. The molecule has 0 aliphatic carbocycles. The van der Waals surface area contributed by atoms with E-state index < -0.39 is 0 Å². The molecule has 0 atom stereocenters. The molecule has 0 spiro atoms. The molecule has 4 heteroatoms. The number of hydrogen-bond acceptors (Lipinski definition) is 1. The summed E-state index contributed by atoms with van der Waals surface area (Å²) in [5.41, 5.74) is 7.88. The molecule has 0 aromatic heterocycles. The van der Waals surface area contributed by atoms with Crippen LogP contribution in [0.15, 0.2) is 5.11 Å². The summed E-state index contributed by atoms with van der Waals surface area (Å²) in [6.07, 6.45) is 0. The van der Waals surface area contributed by atoms with Crippen molar-refractivity contribution in [1.82, 2.24) is 0 Å². The largest absolute Gasteiger partial charge is 0.326 e. The molecular weight excluding hydrogens is 104 g/mol. The van der Waals surface area contributed by atoms with Crippen LogP contribution >= 0.6 is 0 Å². The molecule has 0 radical (unpaired) electrons. The summed E-state index contributed by atoms with van der Waals surface area (Å²) in [6.45, 7) is 0.510. The minimum atomic E-state index is 0.510. The predicted octanol–water partition coefficient (Wildman–Crippen LogP) is 0.960. The van der Waals surface area contributed by atoms with E-state index in [1.54, 1.807) is 0 Å². The van der Waals surface area contributed by atoms with E-state index in [0.29, 0.717) is 11.2 Å². The Labute approximate surface area is 48.9 Å². The monoisotopic (exact) mass is 115 g/mol. The Morgan fingerprint density at radius 2 is 2.00 bits per heavy atom. The molecule has 0 aliphatic rings. The van der Waals surface area contributed by atoms with Gasteiger partial charge in [0.1, 0.15) is 0 Å². The summed E-state index contributed by atoms with van der Waals surface area (Å²) < 4.78 is 0.685. The second-order valence-electron chi connectivity index (χ2n) is 2.66. The number of nitrogens with zero attached hydrogens (tertiary/aromatic N) is 4. The van der Waals surface area contributed by atoms with Crippen LogP contribution in [0.5, 0.6) is 0 Å². The lowest BCUT2D eigenvalue weighted by atomic mass is 10.7. The fourth-order valence-corrected chi connectivity index (χ4v) is 0.218. The summed E-state index contributed by atoms with van der Waals surface area (Å²) in [7, 11) is 5.90. The van der Waals surface area contributed by atoms with Crippen LogP contribution in [0, 0.1) is 0 Å². The fourth-order valence-electron chi connectivity index (χ4n) is 0.218. The van der Waals surface area contributed by atoms with Crippen molar-refractivity contribution < 1.29 is 4.48 Å². The van der Waals surface area contributed by atoms with E-state index in [4.69, 9.17) is 5.53 Å². The van der Waals surface area contributed by atoms with E-state index in [9.17, 15) is 0 Å². The van der Waals surface area contributed by atoms with Crippen molar-refractivity contribution in [3.63, 3.8) is 0 Å². The van der Waals surface area contributed by atoms with Crippen LogP contribution in [0.3, 0.4) is 0 Å². The van der Waals surface area contributed by atoms with Crippen LogP contribution in [-0.4, -0.2) is 32.3 Å². The molecule has 0 fully saturated rings. The van der Waals surface area contributed by atoms with Crippen LogP contribution in [0.4, 0.5) is 0 Å². The van der Waals surface area contributed by atoms with Crippen LogP contribution in [0.2, 0.25) is 0 Å². The van der Waals surface area contributed by atoms with Gasteiger partial charge in [0.2, 0.25) is 0 Å². The van der Waals surface area contributed by atoms with Crippen molar-refractivity contribution >= 4 is 0 Å². The zero-order chi connectivity index (χ0) is 6.62. The van der Waals surface area contributed by atoms with Crippen molar-refractivity contribution in [2.45, 2.75) is 0 Å². The predicted molar refractivity (Wildman–Crippen MR) is 32.0 cm³/mol. The molecule has 0 saturated carbocycles. The van der Waals surface area contributed by atoms with Gasteiger partial charge in [-0.3, -0.25) is 0 Å². The minimum absolute atomic E-state index is 0.510. The smallest absolute Gasteiger partial charge is 0.159 e. The Kier molecular flexibility index (Phi) is 2.31. The minimum Gasteiger partial charge on any atom is -0.326 e. The van der Waals surface area contributed by atoms with Gasteiger partial charge < -0.3 is 4.48 Å². The first-order chi connectivity index (χ1) is 3.56. The van der Waals surface area contributed by atoms with Crippen molar-refractivity contribution in [2.75, 3.05) is 27.8 Å². The van der Waals surface area contributed by atoms with Gasteiger partial charge in [0.25, 0.3) is 0 Å². The number of hydrogen-bond donors (Lipinski definition) is 0. The van der Waals surface area contributed by atoms with Gasteiger partial charge in [0.05, 0.1) is 21.1 Å². The first-order valence-electron chi connectivity index (χ1n) is 2.37. The quantitative estimate of drug-likeness (QED) is 0.223. The van der Waals surface area contributed by atoms with Crippen LogP contribution < -0.4 is 0 Å². The van der Waals surface area contributed by atoms with E-state index >= 15 is 0 Å². The summed E-state index contributed by atoms with van der Waals surface area (Å²) >= 11 is 0. The van der Waals surface area contributed by atoms with E-state index in [0.717, 1.165) is 0 Å². The molecule has 0 bridgehead atoms. The average Bonchev–Trinajstić information content (AvgIpc) is 1.59. The van der Waals surface area contributed by atoms with E-state index in [2.05, 4.69) is 10.0 Å². The van der Waals surface area contributed by atoms with Crippen molar-refractivity contribution in [2.24, 2.45) is 5.11 Å². The lowest BCUT2D eigenvalue weighted by Gasteiger charge is -2.20. The zero-order valence-electron chi connectivity index (χ0n) is 5.50. The maximum Gasteiger partial charge on any atom is 0.159 e. The molecule has 0 aliphatic heterocycles. The topological polar surface area (TPSA) is 48.8 Å². The van der Waals surface area contributed by atoms with Gasteiger partial charge in [-0.25, -0.2) is 0 Å². The zero-order valence-corrected chi connectivity index (χ0v) is 5.50. The third-order valence-electron chi connectivity index (χ3n) is 0.551. The highest BCUT2D eigenvalue weighted by Gasteiger charge is 2.01. The van der Waals surface area contributed by atoms with Crippen LogP contribution in [0.1, 0.15) is 0 Å². The average molecular weight is 115 g/mol. The van der Waals surface area contributed by atoms with Gasteiger partial charge in [-0.1, -0.05) is 0 Å². The van der Waals surface area contributed by atoms with Crippen molar-refractivity contribution in [1.29, 1.82) is 0 Å². The molecule has 46 valence electrons. The molecule has 0 saturated heterocycles. The Bertz CT molecular complexity index is 106. The third kappa shape index (κ3) is 5.27. The van der Waals surface area contributed by atoms with Crippen molar-refractivity contribution in [3.05, 3.63) is 10.4 Å². The molecule has 0 aromatic carbocycles. The molecule has 0 aromatic rings. The van der Waals surface area contributed by atoms with E-state index in [-0.39, 0.29) is 0 Å². The highest BCUT2D eigenvalue weighted by molar-refractivity contribution is 4.35. The maximum absolute atomic E-state index is 7.88. The fraction of sp³-hybridized carbons (Fsp3) is 1.00. The van der Waals surface area contributed by atoms with E-state index in [1.165, 1.54) is 0 Å². The summed E-state index contributed by atoms with van der Waals surface area (Å²) in [5.74, 6) is 0. The summed E-state index contributed by atoms with van der Waals surface area (Å²) in [4.78, 5) is 2.63. The number of quaternary nitrogens is 1. The highest BCUT2D eigenvalue weighted by atomic mass is 15.4. The molecule has 0 unspecified atom stereocenters. The Hall–Kier alpha value is -0.730. The first-order valence-corrected chi connectivity index (χ1v) is 2.37. The Balaban J connectivity index is 3.55. The lowest BCUT2D eigenvalue weighted by molar-refractivity contribution is -0.869. The van der Waals surface area contributed by atoms with Crippen molar-refractivity contribution in [3.8, 4) is 0 Å². The Morgan fingerprint density at radius 3 is 2.12 bits per heavy atom. The lowest BCUT2D eigenvalue weighted by Crippen LogP contribution is -2.33. The maximum atomic E-state index is 7.88. The highest BCUT2D eigenvalue weighted by Crippen LogP contribution is 1.88. The van der Waals surface area contributed by atoms with E-state index in [1.807, 2.05) is 21.1 Å². The first kappa shape index (κ1) is 7.27. The van der Waals surface area contributed by atoms with Gasteiger partial charge in [0.15, 0.2) is 6.67 Å². The normalized spacial score (nSPS) is 10.4. The summed E-state index contributed by atoms with van der Waals surface area (Å²) in [5, 5.41) is 3.40. The van der Waals surface area contributed by atoms with Gasteiger partial charge in [-0.2, -0.15) is 0 Å². The van der Waals surface area contributed by atoms with Crippen LogP contribution in [-0.2, 0) is 0 Å². The molecule has 0 N–H and O–H groups in total. The van der Waals surface area contributed by atoms with Crippen LogP contribution in [0.25, 0.3) is 10.4 Å². The van der Waals surface area contributed by atoms with Gasteiger partial charge in [-0.15, -0.1) is 0 Å². The van der Waals surface area contributed by atoms with Gasteiger partial charge in [-0.05, 0) is 10.6 Å². The third-order valence-corrected chi connectivity index (χ3v) is 0.551.